The Hall–Kier alpha value is 0.0569. The Morgan fingerprint density at radius 1 is 1.20 bits per heavy atom. The lowest BCUT2D eigenvalue weighted by molar-refractivity contribution is 0.0619. The number of hydrogen-bond donors (Lipinski definition) is 3. The van der Waals surface area contributed by atoms with Gasteiger partial charge in [-0.05, 0) is 6.42 Å². The van der Waals surface area contributed by atoms with Gasteiger partial charge in [0.25, 0.3) is 0 Å². The van der Waals surface area contributed by atoms with Crippen molar-refractivity contribution in [3.05, 3.63) is 0 Å². The molecule has 0 fully saturated rings. The predicted molar refractivity (Wildman–Crippen MR) is 37.9 cm³/mol. The molecule has 10 heavy (non-hydrogen) atoms. The van der Waals surface area contributed by atoms with E-state index in [4.69, 9.17) is 14.4 Å². The van der Waals surface area contributed by atoms with E-state index in [1.807, 2.05) is 6.92 Å². The van der Waals surface area contributed by atoms with Crippen LogP contribution < -0.4 is 0 Å². The van der Waals surface area contributed by atoms with Crippen molar-refractivity contribution in [2.75, 3.05) is 6.61 Å². The van der Waals surface area contributed by atoms with E-state index < -0.39 is 9.05 Å². The van der Waals surface area contributed by atoms with Crippen molar-refractivity contribution in [1.82, 2.24) is 0 Å². The molecular weight excluding hydrogens is 152 g/mol. The zero-order valence-electron chi connectivity index (χ0n) is 6.08. The molecule has 0 spiro atoms. The normalized spacial score (nSPS) is 12.0. The van der Waals surface area contributed by atoms with Crippen LogP contribution in [0, 0.1) is 0 Å². The molecule has 0 aromatic carbocycles. The second-order valence-corrected chi connectivity index (χ2v) is 3.57. The van der Waals surface area contributed by atoms with Crippen LogP contribution in [0.25, 0.3) is 0 Å². The summed E-state index contributed by atoms with van der Waals surface area (Å²) in [6, 6.07) is 0. The fraction of sp³-hybridized carbons (Fsp3) is 1.00. The highest BCUT2D eigenvalue weighted by Crippen LogP contribution is 1.96. The lowest BCUT2D eigenvalue weighted by Crippen LogP contribution is -2.39. The van der Waals surface area contributed by atoms with Crippen LogP contribution in [0.15, 0.2) is 0 Å². The number of rotatable bonds is 5. The third kappa shape index (κ3) is 8.06. The molecule has 62 valence electrons. The van der Waals surface area contributed by atoms with Gasteiger partial charge in [0, 0.05) is 6.61 Å². The van der Waals surface area contributed by atoms with Gasteiger partial charge in [-0.25, -0.2) is 0 Å². The SMILES string of the molecule is CCCCCO[Si](O)(O)O. The van der Waals surface area contributed by atoms with Crippen LogP contribution in [-0.4, -0.2) is 30.0 Å². The van der Waals surface area contributed by atoms with Gasteiger partial charge in [0.15, 0.2) is 0 Å². The van der Waals surface area contributed by atoms with E-state index in [9.17, 15) is 0 Å². The first-order chi connectivity index (χ1) is 4.56. The Morgan fingerprint density at radius 2 is 1.80 bits per heavy atom. The summed E-state index contributed by atoms with van der Waals surface area (Å²) in [5.74, 6) is 0. The molecule has 0 aromatic rings. The van der Waals surface area contributed by atoms with E-state index >= 15 is 0 Å². The quantitative estimate of drug-likeness (QED) is 0.384. The summed E-state index contributed by atoms with van der Waals surface area (Å²) in [6.07, 6.45) is 2.78. The van der Waals surface area contributed by atoms with E-state index in [2.05, 4.69) is 4.43 Å². The van der Waals surface area contributed by atoms with Crippen molar-refractivity contribution in [1.29, 1.82) is 0 Å². The molecule has 0 aliphatic carbocycles. The Balaban J connectivity index is 3.04. The largest absolute Gasteiger partial charge is 0.671 e. The van der Waals surface area contributed by atoms with Crippen LogP contribution in [0.3, 0.4) is 0 Å². The third-order valence-electron chi connectivity index (χ3n) is 1.04. The minimum atomic E-state index is -4.21. The molecule has 0 heterocycles. The Kier molecular flexibility index (Phi) is 4.84. The van der Waals surface area contributed by atoms with Crippen LogP contribution >= 0.6 is 0 Å². The number of unbranched alkanes of at least 4 members (excludes halogenated alkanes) is 2. The maximum atomic E-state index is 8.34. The van der Waals surface area contributed by atoms with Crippen molar-refractivity contribution in [2.45, 2.75) is 26.2 Å². The molecule has 5 heteroatoms. The fourth-order valence-corrected chi connectivity index (χ4v) is 0.979. The standard InChI is InChI=1S/C5H14O4Si/c1-2-3-4-5-9-10(6,7)8/h6-8H,2-5H2,1H3. The average Bonchev–Trinajstić information content (AvgIpc) is 1.78. The highest BCUT2D eigenvalue weighted by molar-refractivity contribution is 6.48. The van der Waals surface area contributed by atoms with Crippen molar-refractivity contribution >= 4 is 9.05 Å². The van der Waals surface area contributed by atoms with Crippen molar-refractivity contribution < 1.29 is 18.8 Å². The van der Waals surface area contributed by atoms with Gasteiger partial charge in [0.05, 0.1) is 0 Å². The topological polar surface area (TPSA) is 69.9 Å². The maximum Gasteiger partial charge on any atom is 0.671 e. The molecule has 0 radical (unpaired) electrons. The first kappa shape index (κ1) is 10.1. The summed E-state index contributed by atoms with van der Waals surface area (Å²) in [6.45, 7) is 2.26. The molecule has 0 atom stereocenters. The second-order valence-electron chi connectivity index (χ2n) is 2.13. The zero-order chi connectivity index (χ0) is 8.04. The molecule has 4 nitrogen and oxygen atoms in total. The summed E-state index contributed by atoms with van der Waals surface area (Å²) >= 11 is 0. The summed E-state index contributed by atoms with van der Waals surface area (Å²) in [4.78, 5) is 25.0. The molecule has 0 aliphatic heterocycles. The Morgan fingerprint density at radius 3 is 2.20 bits per heavy atom. The van der Waals surface area contributed by atoms with Gasteiger partial charge in [-0.2, -0.15) is 0 Å². The lowest BCUT2D eigenvalue weighted by Gasteiger charge is -2.08. The van der Waals surface area contributed by atoms with Crippen LogP contribution in [-0.2, 0) is 4.43 Å². The first-order valence-corrected chi connectivity index (χ1v) is 5.12. The smallest absolute Gasteiger partial charge is 0.368 e. The molecule has 0 aliphatic rings. The predicted octanol–water partition coefficient (Wildman–Crippen LogP) is -0.394. The van der Waals surface area contributed by atoms with Gasteiger partial charge in [-0.3, -0.25) is 0 Å². The van der Waals surface area contributed by atoms with Crippen LogP contribution in [0.1, 0.15) is 26.2 Å². The number of hydrogen-bond acceptors (Lipinski definition) is 4. The van der Waals surface area contributed by atoms with Gasteiger partial charge in [0.1, 0.15) is 0 Å². The zero-order valence-corrected chi connectivity index (χ0v) is 7.08. The van der Waals surface area contributed by atoms with Crippen LogP contribution in [0.2, 0.25) is 0 Å². The van der Waals surface area contributed by atoms with Crippen LogP contribution in [0.4, 0.5) is 0 Å². The highest BCUT2D eigenvalue weighted by atomic mass is 28.4. The molecule has 0 rings (SSSR count). The van der Waals surface area contributed by atoms with Gasteiger partial charge in [0.2, 0.25) is 0 Å². The maximum absolute atomic E-state index is 8.34. The van der Waals surface area contributed by atoms with Gasteiger partial charge in [-0.1, -0.05) is 19.8 Å². The first-order valence-electron chi connectivity index (χ1n) is 3.37. The lowest BCUT2D eigenvalue weighted by atomic mass is 10.3. The van der Waals surface area contributed by atoms with E-state index in [1.54, 1.807) is 0 Å². The minimum absolute atomic E-state index is 0.226. The highest BCUT2D eigenvalue weighted by Gasteiger charge is 2.29. The monoisotopic (exact) mass is 166 g/mol. The van der Waals surface area contributed by atoms with Crippen LogP contribution in [0.5, 0.6) is 0 Å². The molecule has 0 bridgehead atoms. The van der Waals surface area contributed by atoms with Crippen molar-refractivity contribution in [3.63, 3.8) is 0 Å². The average molecular weight is 166 g/mol. The summed E-state index contributed by atoms with van der Waals surface area (Å²) < 4.78 is 4.34. The second kappa shape index (κ2) is 4.81. The molecule has 0 saturated carbocycles. The molecular formula is C5H14O4Si. The summed E-state index contributed by atoms with van der Waals surface area (Å²) in [5.41, 5.74) is 0. The molecule has 0 aromatic heterocycles. The molecule has 0 unspecified atom stereocenters. The Bertz CT molecular complexity index is 80.2. The summed E-state index contributed by atoms with van der Waals surface area (Å²) in [7, 11) is -4.21. The third-order valence-corrected chi connectivity index (χ3v) is 1.64. The van der Waals surface area contributed by atoms with Crippen molar-refractivity contribution in [2.24, 2.45) is 0 Å². The van der Waals surface area contributed by atoms with E-state index in [0.29, 0.717) is 0 Å². The van der Waals surface area contributed by atoms with E-state index in [0.717, 1.165) is 19.3 Å². The summed E-state index contributed by atoms with van der Waals surface area (Å²) in [5, 5.41) is 0. The Labute approximate surface area is 61.6 Å². The molecule has 0 amide bonds. The van der Waals surface area contributed by atoms with E-state index in [1.165, 1.54) is 0 Å². The van der Waals surface area contributed by atoms with Gasteiger partial charge in [-0.15, -0.1) is 0 Å². The van der Waals surface area contributed by atoms with Gasteiger partial charge >= 0.3 is 9.05 Å². The van der Waals surface area contributed by atoms with Crippen molar-refractivity contribution in [3.8, 4) is 0 Å². The molecule has 3 N–H and O–H groups in total. The van der Waals surface area contributed by atoms with E-state index in [-0.39, 0.29) is 6.61 Å². The minimum Gasteiger partial charge on any atom is -0.368 e. The molecule has 0 saturated heterocycles. The van der Waals surface area contributed by atoms with Gasteiger partial charge < -0.3 is 18.8 Å². The fourth-order valence-electron chi connectivity index (χ4n) is 0.561.